The van der Waals surface area contributed by atoms with E-state index < -0.39 is 10.0 Å². The molecule has 1 aromatic heterocycles. The highest BCUT2D eigenvalue weighted by molar-refractivity contribution is 7.89. The van der Waals surface area contributed by atoms with Crippen molar-refractivity contribution < 1.29 is 17.6 Å². The fourth-order valence-electron chi connectivity index (χ4n) is 1.83. The van der Waals surface area contributed by atoms with Gasteiger partial charge in [-0.25, -0.2) is 13.1 Å². The zero-order valence-corrected chi connectivity index (χ0v) is 12.7. The first-order valence-corrected chi connectivity index (χ1v) is 7.73. The van der Waals surface area contributed by atoms with Crippen LogP contribution in [0.3, 0.4) is 0 Å². The molecule has 2 rings (SSSR count). The lowest BCUT2D eigenvalue weighted by Gasteiger charge is -2.10. The number of sulfonamides is 1. The molecule has 1 amide bonds. The molecule has 0 saturated carbocycles. The van der Waals surface area contributed by atoms with E-state index in [4.69, 9.17) is 4.42 Å². The van der Waals surface area contributed by atoms with Gasteiger partial charge in [0.2, 0.25) is 10.0 Å². The highest BCUT2D eigenvalue weighted by atomic mass is 32.2. The SMILES string of the molecule is CNS(=O)(=O)c1ccc(C)c(NC(=O)c2ccoc2C)c1. The minimum Gasteiger partial charge on any atom is -0.469 e. The maximum absolute atomic E-state index is 12.1. The number of nitrogens with one attached hydrogen (secondary N) is 2. The molecule has 0 aliphatic rings. The summed E-state index contributed by atoms with van der Waals surface area (Å²) in [5.74, 6) is 0.160. The molecule has 0 spiro atoms. The van der Waals surface area contributed by atoms with Gasteiger partial charge in [0.05, 0.1) is 16.7 Å². The lowest BCUT2D eigenvalue weighted by Crippen LogP contribution is -2.19. The molecule has 6 nitrogen and oxygen atoms in total. The summed E-state index contributed by atoms with van der Waals surface area (Å²) in [6.45, 7) is 3.47. The fraction of sp³-hybridized carbons (Fsp3) is 0.214. The smallest absolute Gasteiger partial charge is 0.259 e. The van der Waals surface area contributed by atoms with Crippen molar-refractivity contribution in [3.8, 4) is 0 Å². The maximum atomic E-state index is 12.1. The van der Waals surface area contributed by atoms with Crippen LogP contribution in [-0.2, 0) is 10.0 Å². The van der Waals surface area contributed by atoms with Gasteiger partial charge in [-0.2, -0.15) is 0 Å². The van der Waals surface area contributed by atoms with Gasteiger partial charge >= 0.3 is 0 Å². The van der Waals surface area contributed by atoms with Crippen LogP contribution in [0.25, 0.3) is 0 Å². The summed E-state index contributed by atoms with van der Waals surface area (Å²) in [5.41, 5.74) is 1.62. The molecule has 0 aliphatic heterocycles. The molecule has 2 N–H and O–H groups in total. The van der Waals surface area contributed by atoms with Crippen molar-refractivity contribution in [1.82, 2.24) is 4.72 Å². The third-order valence-corrected chi connectivity index (χ3v) is 4.55. The lowest BCUT2D eigenvalue weighted by molar-refractivity contribution is 0.102. The van der Waals surface area contributed by atoms with E-state index in [1.807, 2.05) is 0 Å². The fourth-order valence-corrected chi connectivity index (χ4v) is 2.59. The molecular formula is C14H16N2O4S. The largest absolute Gasteiger partial charge is 0.469 e. The van der Waals surface area contributed by atoms with Gasteiger partial charge in [0.15, 0.2) is 0 Å². The minimum atomic E-state index is -3.56. The van der Waals surface area contributed by atoms with Crippen LogP contribution in [0.5, 0.6) is 0 Å². The van der Waals surface area contributed by atoms with Crippen molar-refractivity contribution in [2.45, 2.75) is 18.7 Å². The van der Waals surface area contributed by atoms with Crippen LogP contribution in [0.4, 0.5) is 5.69 Å². The van der Waals surface area contributed by atoms with Crippen LogP contribution in [0.2, 0.25) is 0 Å². The molecule has 0 radical (unpaired) electrons. The first-order valence-electron chi connectivity index (χ1n) is 6.25. The van der Waals surface area contributed by atoms with E-state index in [0.717, 1.165) is 5.56 Å². The second-order valence-corrected chi connectivity index (χ2v) is 6.42. The second kappa shape index (κ2) is 5.71. The van der Waals surface area contributed by atoms with Gasteiger partial charge in [0, 0.05) is 5.69 Å². The van der Waals surface area contributed by atoms with Gasteiger partial charge in [0.1, 0.15) is 5.76 Å². The number of anilines is 1. The number of carbonyl (C=O) groups excluding carboxylic acids is 1. The number of rotatable bonds is 4. The quantitative estimate of drug-likeness (QED) is 0.905. The highest BCUT2D eigenvalue weighted by Gasteiger charge is 2.16. The van der Waals surface area contributed by atoms with Crippen molar-refractivity contribution in [3.05, 3.63) is 47.4 Å². The van der Waals surface area contributed by atoms with E-state index in [9.17, 15) is 13.2 Å². The normalized spacial score (nSPS) is 11.4. The second-order valence-electron chi connectivity index (χ2n) is 4.53. The van der Waals surface area contributed by atoms with E-state index in [2.05, 4.69) is 10.0 Å². The van der Waals surface area contributed by atoms with Crippen LogP contribution in [0.1, 0.15) is 21.7 Å². The summed E-state index contributed by atoms with van der Waals surface area (Å²) in [7, 11) is -2.22. The maximum Gasteiger partial charge on any atom is 0.259 e. The molecule has 2 aromatic rings. The van der Waals surface area contributed by atoms with Crippen LogP contribution < -0.4 is 10.0 Å². The molecule has 0 aliphatic carbocycles. The van der Waals surface area contributed by atoms with Crippen LogP contribution in [-0.4, -0.2) is 21.4 Å². The third kappa shape index (κ3) is 3.14. The Balaban J connectivity index is 2.34. The summed E-state index contributed by atoms with van der Waals surface area (Å²) >= 11 is 0. The molecule has 0 saturated heterocycles. The van der Waals surface area contributed by atoms with Crippen LogP contribution in [0.15, 0.2) is 39.8 Å². The summed E-state index contributed by atoms with van der Waals surface area (Å²) < 4.78 is 30.9. The third-order valence-electron chi connectivity index (χ3n) is 3.14. The van der Waals surface area contributed by atoms with Gasteiger partial charge < -0.3 is 9.73 Å². The van der Waals surface area contributed by atoms with E-state index in [1.54, 1.807) is 26.0 Å². The zero-order valence-electron chi connectivity index (χ0n) is 11.9. The summed E-state index contributed by atoms with van der Waals surface area (Å²) in [6.07, 6.45) is 1.43. The molecule has 0 unspecified atom stereocenters. The Morgan fingerprint density at radius 2 is 1.90 bits per heavy atom. The first kappa shape index (κ1) is 15.3. The highest BCUT2D eigenvalue weighted by Crippen LogP contribution is 2.21. The molecule has 21 heavy (non-hydrogen) atoms. The Kier molecular flexibility index (Phi) is 4.15. The van der Waals surface area contributed by atoms with Gasteiger partial charge in [-0.15, -0.1) is 0 Å². The molecule has 1 heterocycles. The molecule has 0 atom stereocenters. The Hall–Kier alpha value is -2.12. The van der Waals surface area contributed by atoms with Crippen molar-refractivity contribution >= 4 is 21.6 Å². The van der Waals surface area contributed by atoms with Gasteiger partial charge in [-0.3, -0.25) is 4.79 Å². The monoisotopic (exact) mass is 308 g/mol. The van der Waals surface area contributed by atoms with Crippen LogP contribution in [0, 0.1) is 13.8 Å². The molecule has 0 bridgehead atoms. The number of carbonyl (C=O) groups is 1. The zero-order chi connectivity index (χ0) is 15.6. The Morgan fingerprint density at radius 1 is 1.19 bits per heavy atom. The first-order chi connectivity index (χ1) is 9.85. The summed E-state index contributed by atoms with van der Waals surface area (Å²) in [5, 5.41) is 2.70. The number of amides is 1. The van der Waals surface area contributed by atoms with E-state index >= 15 is 0 Å². The predicted octanol–water partition coefficient (Wildman–Crippen LogP) is 2.06. The van der Waals surface area contributed by atoms with Crippen molar-refractivity contribution in [2.75, 3.05) is 12.4 Å². The standard InChI is InChI=1S/C14H16N2O4S/c1-9-4-5-11(21(18,19)15-3)8-13(9)16-14(17)12-6-7-20-10(12)2/h4-8,15H,1-3H3,(H,16,17). The van der Waals surface area contributed by atoms with Crippen molar-refractivity contribution in [1.29, 1.82) is 0 Å². The average molecular weight is 308 g/mol. The Morgan fingerprint density at radius 3 is 2.48 bits per heavy atom. The average Bonchev–Trinajstić information content (AvgIpc) is 2.87. The number of hydrogen-bond donors (Lipinski definition) is 2. The van der Waals surface area contributed by atoms with E-state index in [0.29, 0.717) is 17.0 Å². The minimum absolute atomic E-state index is 0.0924. The van der Waals surface area contributed by atoms with E-state index in [1.165, 1.54) is 25.4 Å². The van der Waals surface area contributed by atoms with Gasteiger partial charge in [-0.1, -0.05) is 6.07 Å². The van der Waals surface area contributed by atoms with Gasteiger partial charge in [-0.05, 0) is 44.7 Å². The van der Waals surface area contributed by atoms with Crippen molar-refractivity contribution in [2.24, 2.45) is 0 Å². The summed E-state index contributed by atoms with van der Waals surface area (Å²) in [4.78, 5) is 12.2. The number of aryl methyl sites for hydroxylation is 2. The lowest BCUT2D eigenvalue weighted by atomic mass is 10.2. The Bertz CT molecular complexity index is 778. The molecule has 112 valence electrons. The molecular weight excluding hydrogens is 292 g/mol. The van der Waals surface area contributed by atoms with Crippen molar-refractivity contribution in [3.63, 3.8) is 0 Å². The molecule has 0 fully saturated rings. The number of benzene rings is 1. The summed E-state index contributed by atoms with van der Waals surface area (Å²) in [6, 6.07) is 6.12. The predicted molar refractivity (Wildman–Crippen MR) is 78.8 cm³/mol. The van der Waals surface area contributed by atoms with Gasteiger partial charge in [0.25, 0.3) is 5.91 Å². The number of furan rings is 1. The molecule has 7 heteroatoms. The number of hydrogen-bond acceptors (Lipinski definition) is 4. The van der Waals surface area contributed by atoms with Crippen LogP contribution >= 0.6 is 0 Å². The molecule has 1 aromatic carbocycles. The van der Waals surface area contributed by atoms with E-state index in [-0.39, 0.29) is 10.8 Å². The topological polar surface area (TPSA) is 88.4 Å². The Labute approximate surface area is 123 Å².